The van der Waals surface area contributed by atoms with Gasteiger partial charge in [-0.2, -0.15) is 84.2 Å². The molecule has 0 unspecified atom stereocenters. The summed E-state index contributed by atoms with van der Waals surface area (Å²) >= 11 is 0. The molecule has 130 heavy (non-hydrogen) atoms. The molecule has 8 aromatic rings. The molecule has 2 fully saturated rings. The molecular formula is C109H154Fe4N4O10Yb3-6. The van der Waals surface area contributed by atoms with E-state index in [0.717, 1.165) is 72.0 Å². The van der Waals surface area contributed by atoms with Gasteiger partial charge in [0.1, 0.15) is 0 Å². The Morgan fingerprint density at radius 2 is 0.446 bits per heavy atom. The number of rotatable bonds is 22. The van der Waals surface area contributed by atoms with E-state index in [1.54, 1.807) is 0 Å². The number of nitrogens with zero attached hydrogens (tertiary/aromatic N) is 4. The van der Waals surface area contributed by atoms with Crippen LogP contribution in [0, 0.1) is 194 Å². The normalized spacial score (nSPS) is 10.4. The van der Waals surface area contributed by atoms with Gasteiger partial charge in [-0.15, -0.1) is 11.4 Å². The van der Waals surface area contributed by atoms with E-state index in [1.165, 1.54) is 128 Å². The molecule has 10 rings (SSSR count). The molecule has 14 nitrogen and oxygen atoms in total. The molecule has 0 bridgehead atoms. The van der Waals surface area contributed by atoms with Crippen molar-refractivity contribution < 1.29 is 256 Å². The van der Waals surface area contributed by atoms with Crippen LogP contribution >= 0.6 is 0 Å². The molecule has 2 aliphatic heterocycles. The summed E-state index contributed by atoms with van der Waals surface area (Å²) in [6, 6.07) is 66.3. The van der Waals surface area contributed by atoms with Crippen LogP contribution in [0.1, 0.15) is 355 Å². The van der Waals surface area contributed by atoms with Crippen LogP contribution in [0.15, 0.2) is 228 Å². The average Bonchev–Trinajstić information content (AvgIpc) is 0.835. The molecule has 8 aromatic carbocycles. The van der Waals surface area contributed by atoms with Gasteiger partial charge in [0.05, 0.1) is 11.4 Å². The van der Waals surface area contributed by atoms with Crippen molar-refractivity contribution in [3.05, 3.63) is 326 Å². The van der Waals surface area contributed by atoms with Crippen LogP contribution in [0.3, 0.4) is 0 Å². The van der Waals surface area contributed by atoms with E-state index >= 15 is 0 Å². The van der Waals surface area contributed by atoms with Crippen molar-refractivity contribution in [1.82, 2.24) is 0 Å². The molecule has 0 spiro atoms. The maximum atomic E-state index is 7.50. The van der Waals surface area contributed by atoms with Crippen LogP contribution in [0.2, 0.25) is 0 Å². The third-order valence-corrected chi connectivity index (χ3v) is 17.4. The second-order valence-corrected chi connectivity index (χ2v) is 30.2. The Bertz CT molecular complexity index is 3350. The monoisotopic (exact) mass is 2420 g/mol. The molecule has 0 radical (unpaired) electrons. The van der Waals surface area contributed by atoms with Gasteiger partial charge in [-0.05, 0) is 109 Å². The molecule has 2 heterocycles. The van der Waals surface area contributed by atoms with Crippen molar-refractivity contribution in [3.63, 3.8) is 0 Å². The van der Waals surface area contributed by atoms with E-state index < -0.39 is 0 Å². The number of hydrogen-bond acceptors (Lipinski definition) is 4. The van der Waals surface area contributed by atoms with Crippen LogP contribution in [0.4, 0.5) is 22.7 Å². The summed E-state index contributed by atoms with van der Waals surface area (Å²) in [4.78, 5) is 10.2. The summed E-state index contributed by atoms with van der Waals surface area (Å²) in [7, 11) is 0. The smallest absolute Gasteiger partial charge is 0 e. The summed E-state index contributed by atoms with van der Waals surface area (Å²) in [5, 5.41) is 10.2. The molecule has 0 amide bonds. The molecule has 0 atom stereocenters. The SMILES string of the molecule is C1CCOC1.C1CCOC1.CC(/C=C(/C)[N-]c1c(C(C)C)cccc1C(C)C)=Nc1c(C(C)C)cccc1C(C)C.CC(/C=C(/C)[N-]c1c(C(C)C)cccc1C(C)C)=Nc1c(C(C)C)cccc1C(C)C.CCCCC.CCCCC.CCCCC.[C-]#[O+].[C-]#[O+].[C-]#[O+].[C-]#[O+].[C-]#[O+].[C-]#[O+].[C-]#[O+].[C-]#[O+].[Fe].[Fe].[Fe].[Fe].[Yb].[Yb].[Yb].c1cc[cH-]c1.c1cc[cH-]c1.c1cc[cH-]c1.c1cc[cH-]c1. The maximum Gasteiger partial charge on any atom is 0 e. The number of ether oxygens (including phenoxy) is 2. The maximum absolute atomic E-state index is 7.50. The van der Waals surface area contributed by atoms with Gasteiger partial charge in [0.25, 0.3) is 0 Å². The molecule has 2 saturated heterocycles. The Morgan fingerprint density at radius 3 is 0.554 bits per heavy atom. The van der Waals surface area contributed by atoms with Crippen molar-refractivity contribution in [2.45, 2.75) is 311 Å². The largest absolute Gasteiger partial charge is 0.214 e. The molecule has 21 heteroatoms. The van der Waals surface area contributed by atoms with Gasteiger partial charge in [-0.25, -0.2) is 48.5 Å². The Morgan fingerprint density at radius 1 is 0.292 bits per heavy atom. The van der Waals surface area contributed by atoms with Gasteiger partial charge in [0.15, 0.2) is 0 Å². The summed E-state index contributed by atoms with van der Waals surface area (Å²) in [6.45, 7) is 97.4. The first-order valence-corrected chi connectivity index (χ1v) is 43.2. The summed E-state index contributed by atoms with van der Waals surface area (Å²) in [5.74, 6) is 3.49. The number of benzene rings is 4. The van der Waals surface area contributed by atoms with Crippen molar-refractivity contribution in [1.29, 1.82) is 0 Å². The first-order chi connectivity index (χ1) is 59.3. The van der Waals surface area contributed by atoms with Crippen LogP contribution in [0.25, 0.3) is 10.6 Å². The molecule has 0 saturated carbocycles. The van der Waals surface area contributed by atoms with Crippen molar-refractivity contribution >= 4 is 34.2 Å². The molecule has 0 aliphatic carbocycles. The molecule has 0 N–H and O–H groups in total. The summed E-state index contributed by atoms with van der Waals surface area (Å²) in [6.07, 6.45) is 21.6. The fraction of sp³-hybridized carbons (Fsp3) is 0.468. The van der Waals surface area contributed by atoms with E-state index in [2.05, 4.69) is 318 Å². The molecule has 2 aliphatic rings. The van der Waals surface area contributed by atoms with Gasteiger partial charge in [-0.3, -0.25) is 9.98 Å². The van der Waals surface area contributed by atoms with Crippen LogP contribution < -0.4 is 0 Å². The minimum atomic E-state index is 0. The van der Waals surface area contributed by atoms with E-state index in [4.69, 9.17) is 67.3 Å². The quantitative estimate of drug-likeness (QED) is 0.0279. The molecule has 750 valence electrons. The van der Waals surface area contributed by atoms with Crippen LogP contribution in [-0.2, 0) is 115 Å². The third kappa shape index (κ3) is 91.6. The standard InChI is InChI=1S/2C29H41N2.4C5H5.3C5H12.2C4H8O.8CO.4Fe.3Yb/c2*1-18(2)24-13-11-14-25(19(3)4)28(24)30-22(9)17-23(10)31-29-26(20(5)6)15-12-16-27(29)21(7)8;4*1-2-4-5-3-1;3*1-3-5-4-2;2*1-2-4-5-3-1;8*1-2;;;;;;;/h2*11-21H,1-10H3;4*1-5H;3*3-5H2,1-2H3;2*1-4H2;;;;;;;;;;;;;;;/q6*-1;;;;;;;;;;;;;;;;;;;;/b2*22-17-,31-23?;;;;;;;;;;;;;;;;;;;;;;;;. The number of para-hydroxylation sites is 4. The first kappa shape index (κ1) is 164. The first-order valence-electron chi connectivity index (χ1n) is 43.2. The Balaban J connectivity index is -0.0000000851. The number of allylic oxidation sites excluding steroid dienone is 4. The minimum absolute atomic E-state index is 0. The molecule has 0 aromatic heterocycles. The van der Waals surface area contributed by atoms with E-state index in [-0.39, 0.29) is 209 Å². The van der Waals surface area contributed by atoms with E-state index in [9.17, 15) is 0 Å². The zero-order valence-corrected chi connectivity index (χ0v) is 91.9. The predicted octanol–water partition coefficient (Wildman–Crippen LogP) is 33.3. The minimum Gasteiger partial charge on any atom is -0.214 e. The fourth-order valence-corrected chi connectivity index (χ4v) is 11.4. The van der Waals surface area contributed by atoms with Gasteiger partial charge < -0.3 is 20.1 Å². The van der Waals surface area contributed by atoms with Gasteiger partial charge >= 0.3 is 90.4 Å². The summed E-state index contributed by atoms with van der Waals surface area (Å²) in [5.41, 5.74) is 18.9. The topological polar surface area (TPSA) is 231 Å². The second kappa shape index (κ2) is 124. The van der Waals surface area contributed by atoms with Gasteiger partial charge in [0.2, 0.25) is 0 Å². The Hall–Kier alpha value is -2.82. The summed E-state index contributed by atoms with van der Waals surface area (Å²) < 4.78 is 69.9. The fourth-order valence-electron chi connectivity index (χ4n) is 11.4. The molecular weight excluding hydrogens is 2270 g/mol. The van der Waals surface area contributed by atoms with Gasteiger partial charge in [-0.1, -0.05) is 331 Å². The predicted molar refractivity (Wildman–Crippen MR) is 513 cm³/mol. The number of unbranched alkanes of at least 4 members (excludes halogenated alkanes) is 6. The third-order valence-electron chi connectivity index (χ3n) is 17.4. The van der Waals surface area contributed by atoms with Crippen molar-refractivity contribution in [3.8, 4) is 0 Å². The van der Waals surface area contributed by atoms with Crippen LogP contribution in [0.5, 0.6) is 0 Å². The van der Waals surface area contributed by atoms with E-state index in [0.29, 0.717) is 47.3 Å². The number of hydrogen-bond donors (Lipinski definition) is 0. The average molecular weight is 2420 g/mol. The number of aliphatic imine (C=N–C) groups is 2. The zero-order valence-electron chi connectivity index (χ0n) is 82.4. The van der Waals surface area contributed by atoms with Crippen molar-refractivity contribution in [2.24, 2.45) is 9.98 Å². The van der Waals surface area contributed by atoms with Crippen molar-refractivity contribution in [2.75, 3.05) is 26.4 Å². The zero-order chi connectivity index (χ0) is 96.2. The van der Waals surface area contributed by atoms with Crippen LogP contribution in [-0.4, -0.2) is 37.9 Å². The van der Waals surface area contributed by atoms with Gasteiger partial charge in [0, 0.05) is 247 Å². The Kier molecular flexibility index (Phi) is 156. The van der Waals surface area contributed by atoms with E-state index in [1.807, 2.05) is 121 Å². The second-order valence-electron chi connectivity index (χ2n) is 30.2. The Labute approximate surface area is 950 Å².